The molecule has 2 aromatic carbocycles. The molecule has 9 nitrogen and oxygen atoms in total. The number of aromatic nitrogens is 3. The number of ether oxygens (including phenoxy) is 1. The third-order valence-corrected chi connectivity index (χ3v) is 9.66. The van der Waals surface area contributed by atoms with Crippen molar-refractivity contribution < 1.29 is 27.6 Å². The molecular formula is C28H31FN4O5S. The minimum atomic E-state index is -2.58. The number of nitrogens with zero attached hydrogens (tertiary/aromatic N) is 4. The van der Waals surface area contributed by atoms with Gasteiger partial charge in [0.15, 0.2) is 11.6 Å². The molecule has 0 spiro atoms. The molecule has 39 heavy (non-hydrogen) atoms. The number of imidazole rings is 1. The van der Waals surface area contributed by atoms with Crippen LogP contribution in [-0.2, 0) is 4.79 Å². The second-order valence-corrected chi connectivity index (χ2v) is 12.7. The first-order chi connectivity index (χ1) is 18.7. The molecule has 6 rings (SSSR count). The van der Waals surface area contributed by atoms with Crippen molar-refractivity contribution >= 4 is 33.2 Å². The van der Waals surface area contributed by atoms with Crippen molar-refractivity contribution in [2.24, 2.45) is 0 Å². The molecule has 1 amide bonds. The van der Waals surface area contributed by atoms with Gasteiger partial charge in [-0.15, -0.1) is 0 Å². The maximum absolute atomic E-state index is 14.7. The highest BCUT2D eigenvalue weighted by Gasteiger charge is 2.39. The van der Waals surface area contributed by atoms with E-state index in [9.17, 15) is 18.3 Å². The van der Waals surface area contributed by atoms with E-state index >= 15 is 0 Å². The number of carbonyl (C=O) groups is 1. The Balaban J connectivity index is 1.49. The Kier molecular flexibility index (Phi) is 6.40. The van der Waals surface area contributed by atoms with Gasteiger partial charge in [-0.1, -0.05) is 11.2 Å². The van der Waals surface area contributed by atoms with Gasteiger partial charge in [-0.25, -0.2) is 9.37 Å². The highest BCUT2D eigenvalue weighted by Crippen LogP contribution is 2.49. The summed E-state index contributed by atoms with van der Waals surface area (Å²) in [6, 6.07) is 10.2. The van der Waals surface area contributed by atoms with E-state index in [1.165, 1.54) is 19.2 Å². The van der Waals surface area contributed by atoms with E-state index in [2.05, 4.69) is 9.72 Å². The van der Waals surface area contributed by atoms with Gasteiger partial charge in [0.25, 0.3) is 0 Å². The normalized spacial score (nSPS) is 20.6. The van der Waals surface area contributed by atoms with E-state index in [1.807, 2.05) is 32.0 Å². The van der Waals surface area contributed by atoms with E-state index in [0.29, 0.717) is 48.7 Å². The van der Waals surface area contributed by atoms with Gasteiger partial charge < -0.3 is 18.7 Å². The van der Waals surface area contributed by atoms with E-state index in [-0.39, 0.29) is 17.7 Å². The smallest absolute Gasteiger partial charge is 0.227 e. The van der Waals surface area contributed by atoms with Crippen LogP contribution in [-0.4, -0.2) is 48.3 Å². The van der Waals surface area contributed by atoms with Gasteiger partial charge >= 0.3 is 0 Å². The summed E-state index contributed by atoms with van der Waals surface area (Å²) < 4.78 is 47.8. The molecule has 0 radical (unpaired) electrons. The largest absolute Gasteiger partial charge is 0.494 e. The summed E-state index contributed by atoms with van der Waals surface area (Å²) in [4.78, 5) is 19.9. The second kappa shape index (κ2) is 9.65. The van der Waals surface area contributed by atoms with Gasteiger partial charge in [0.1, 0.15) is 11.6 Å². The zero-order chi connectivity index (χ0) is 27.5. The standard InChI is InChI=1S/C28H31FN4O5S/c1-16-27(17(2)38-31-16)18-4-6-23-22(14-18)30-28(33(23)19-10-12-39(35,36)13-11-19)24-7-9-26(34)32(24)20-5-8-25(37-3)21(29)15-20/h4-6,8,14-15,19,24,35-36H,7,9-13H2,1-3H3. The minimum absolute atomic E-state index is 0.0139. The predicted octanol–water partition coefficient (Wildman–Crippen LogP) is 6.41. The van der Waals surface area contributed by atoms with Gasteiger partial charge in [0, 0.05) is 41.3 Å². The number of hydrogen-bond acceptors (Lipinski definition) is 7. The number of carbonyl (C=O) groups excluding carboxylic acids is 1. The highest BCUT2D eigenvalue weighted by atomic mass is 32.3. The highest BCUT2D eigenvalue weighted by molar-refractivity contribution is 8.24. The van der Waals surface area contributed by atoms with Crippen molar-refractivity contribution in [3.05, 3.63) is 59.5 Å². The summed E-state index contributed by atoms with van der Waals surface area (Å²) in [6.07, 6.45) is 2.03. The fourth-order valence-corrected chi connectivity index (χ4v) is 7.50. The Bertz CT molecular complexity index is 1550. The molecule has 0 saturated carbocycles. The van der Waals surface area contributed by atoms with E-state index < -0.39 is 22.4 Å². The van der Waals surface area contributed by atoms with Crippen molar-refractivity contribution in [1.82, 2.24) is 14.7 Å². The van der Waals surface area contributed by atoms with Crippen LogP contribution in [0.2, 0.25) is 0 Å². The monoisotopic (exact) mass is 554 g/mol. The molecule has 2 saturated heterocycles. The second-order valence-electron chi connectivity index (χ2n) is 10.3. The summed E-state index contributed by atoms with van der Waals surface area (Å²) in [7, 11) is -1.18. The lowest BCUT2D eigenvalue weighted by atomic mass is 10.0. The fourth-order valence-electron chi connectivity index (χ4n) is 6.00. The quantitative estimate of drug-likeness (QED) is 0.293. The van der Waals surface area contributed by atoms with Crippen LogP contribution in [0.3, 0.4) is 0 Å². The lowest BCUT2D eigenvalue weighted by Gasteiger charge is -2.40. The summed E-state index contributed by atoms with van der Waals surface area (Å²) >= 11 is 0. The van der Waals surface area contributed by atoms with Crippen LogP contribution < -0.4 is 9.64 Å². The molecular weight excluding hydrogens is 523 g/mol. The number of anilines is 1. The minimum Gasteiger partial charge on any atom is -0.494 e. The van der Waals surface area contributed by atoms with E-state index in [4.69, 9.17) is 14.2 Å². The Hall–Kier alpha value is -3.41. The topological polar surface area (TPSA) is 114 Å². The van der Waals surface area contributed by atoms with Crippen LogP contribution in [0.25, 0.3) is 22.2 Å². The molecule has 1 atom stereocenters. The van der Waals surface area contributed by atoms with Crippen LogP contribution >= 0.6 is 10.6 Å². The van der Waals surface area contributed by atoms with Gasteiger partial charge in [-0.2, -0.15) is 10.6 Å². The first kappa shape index (κ1) is 25.8. The first-order valence-electron chi connectivity index (χ1n) is 13.0. The third-order valence-electron chi connectivity index (χ3n) is 7.88. The lowest BCUT2D eigenvalue weighted by molar-refractivity contribution is -0.117. The van der Waals surface area contributed by atoms with Crippen molar-refractivity contribution in [3.8, 4) is 16.9 Å². The predicted molar refractivity (Wildman–Crippen MR) is 148 cm³/mol. The Morgan fingerprint density at radius 1 is 1.10 bits per heavy atom. The summed E-state index contributed by atoms with van der Waals surface area (Å²) in [5.74, 6) is 1.56. The van der Waals surface area contributed by atoms with Crippen LogP contribution in [0.1, 0.15) is 55.0 Å². The van der Waals surface area contributed by atoms with Gasteiger partial charge in [-0.3, -0.25) is 13.9 Å². The van der Waals surface area contributed by atoms with Crippen molar-refractivity contribution in [2.45, 2.75) is 51.6 Å². The molecule has 2 fully saturated rings. The summed E-state index contributed by atoms with van der Waals surface area (Å²) in [5.41, 5.74) is 4.77. The molecule has 1 unspecified atom stereocenters. The Morgan fingerprint density at radius 3 is 2.54 bits per heavy atom. The number of methoxy groups -OCH3 is 1. The zero-order valence-corrected chi connectivity index (χ0v) is 22.9. The van der Waals surface area contributed by atoms with Crippen LogP contribution in [0.4, 0.5) is 10.1 Å². The molecule has 4 heterocycles. The van der Waals surface area contributed by atoms with E-state index in [0.717, 1.165) is 33.6 Å². The molecule has 2 aliphatic rings. The average Bonchev–Trinajstić information content (AvgIpc) is 3.57. The lowest BCUT2D eigenvalue weighted by Crippen LogP contribution is -2.31. The van der Waals surface area contributed by atoms with Crippen molar-refractivity contribution in [2.75, 3.05) is 23.5 Å². The molecule has 2 aliphatic heterocycles. The maximum atomic E-state index is 14.7. The maximum Gasteiger partial charge on any atom is 0.227 e. The number of hydrogen-bond donors (Lipinski definition) is 2. The molecule has 2 N–H and O–H groups in total. The number of amides is 1. The molecule has 2 aromatic heterocycles. The van der Waals surface area contributed by atoms with Gasteiger partial charge in [0.2, 0.25) is 5.91 Å². The number of aryl methyl sites for hydroxylation is 2. The average molecular weight is 555 g/mol. The zero-order valence-electron chi connectivity index (χ0n) is 22.1. The molecule has 0 aliphatic carbocycles. The van der Waals surface area contributed by atoms with Crippen LogP contribution in [0.5, 0.6) is 5.75 Å². The third kappa shape index (κ3) is 4.48. The van der Waals surface area contributed by atoms with Crippen LogP contribution in [0, 0.1) is 19.7 Å². The van der Waals surface area contributed by atoms with Gasteiger partial charge in [-0.05, 0) is 62.9 Å². The van der Waals surface area contributed by atoms with E-state index in [1.54, 1.807) is 11.0 Å². The first-order valence-corrected chi connectivity index (χ1v) is 14.9. The molecule has 0 bridgehead atoms. The van der Waals surface area contributed by atoms with Gasteiger partial charge in [0.05, 0.1) is 29.9 Å². The summed E-state index contributed by atoms with van der Waals surface area (Å²) in [5, 5.41) is 4.09. The number of fused-ring (bicyclic) bond motifs is 1. The number of benzene rings is 2. The molecule has 206 valence electrons. The summed E-state index contributed by atoms with van der Waals surface area (Å²) in [6.45, 7) is 3.77. The SMILES string of the molecule is COc1ccc(N2C(=O)CCC2c2nc3cc(-c4c(C)noc4C)ccc3n2C2CCS(O)(O)CC2)cc1F. The number of rotatable bonds is 5. The molecule has 11 heteroatoms. The fraction of sp³-hybridized carbons (Fsp3) is 0.393. The van der Waals surface area contributed by atoms with Crippen LogP contribution in [0.15, 0.2) is 40.9 Å². The molecule has 4 aromatic rings. The Morgan fingerprint density at radius 2 is 1.87 bits per heavy atom. The Labute approximate surface area is 226 Å². The van der Waals surface area contributed by atoms with Crippen molar-refractivity contribution in [1.29, 1.82) is 0 Å². The number of halogens is 1. The van der Waals surface area contributed by atoms with Crippen molar-refractivity contribution in [3.63, 3.8) is 0 Å².